The van der Waals surface area contributed by atoms with Crippen molar-refractivity contribution in [1.29, 1.82) is 0 Å². The van der Waals surface area contributed by atoms with Gasteiger partial charge in [-0.15, -0.1) is 0 Å². The van der Waals surface area contributed by atoms with Crippen molar-refractivity contribution in [2.45, 2.75) is 51.9 Å². The first-order chi connectivity index (χ1) is 25.9. The number of fused-ring (bicyclic) bond motifs is 1. The van der Waals surface area contributed by atoms with Gasteiger partial charge in [0.25, 0.3) is 0 Å². The predicted octanol–water partition coefficient (Wildman–Crippen LogP) is 5.99. The molecule has 0 bridgehead atoms. The highest BCUT2D eigenvalue weighted by Crippen LogP contribution is 2.31. The Morgan fingerprint density at radius 2 is 1.09 bits per heavy atom. The lowest BCUT2D eigenvalue weighted by Gasteiger charge is -2.36. The van der Waals surface area contributed by atoms with Gasteiger partial charge >= 0.3 is 0 Å². The molecule has 2 aromatic heterocycles. The molecule has 2 aliphatic rings. The highest BCUT2D eigenvalue weighted by Gasteiger charge is 2.20. The Labute approximate surface area is 317 Å². The Hall–Kier alpha value is -3.96. The molecule has 2 saturated heterocycles. The summed E-state index contributed by atoms with van der Waals surface area (Å²) in [6.45, 7) is 17.8. The number of nitrogens with zero attached hydrogens (tertiary/aromatic N) is 7. The van der Waals surface area contributed by atoms with Crippen LogP contribution in [0.15, 0.2) is 91.1 Å². The van der Waals surface area contributed by atoms with Crippen molar-refractivity contribution in [1.82, 2.24) is 44.8 Å². The molecule has 0 radical (unpaired) electrons. The number of aromatic nitrogens is 3. The van der Waals surface area contributed by atoms with Crippen molar-refractivity contribution in [3.63, 3.8) is 0 Å². The van der Waals surface area contributed by atoms with E-state index in [1.165, 1.54) is 63.5 Å². The minimum atomic E-state index is 0.605. The van der Waals surface area contributed by atoms with E-state index in [-0.39, 0.29) is 0 Å². The second kappa shape index (κ2) is 17.9. The molecule has 2 atom stereocenters. The Morgan fingerprint density at radius 1 is 0.585 bits per heavy atom. The van der Waals surface area contributed by atoms with Crippen LogP contribution in [0.2, 0.25) is 0 Å². The zero-order chi connectivity index (χ0) is 36.6. The molecule has 0 amide bonds. The van der Waals surface area contributed by atoms with E-state index in [1.807, 2.05) is 0 Å². The fourth-order valence-electron chi connectivity index (χ4n) is 7.69. The van der Waals surface area contributed by atoms with Crippen molar-refractivity contribution >= 4 is 11.0 Å². The van der Waals surface area contributed by atoms with Crippen molar-refractivity contribution in [3.8, 4) is 28.3 Å². The monoisotopic (exact) mass is 713 g/mol. The minimum absolute atomic E-state index is 0.605. The SMILES string of the molecule is CC(CCNCc1ccc(-c2nc(-c3ccc(CNCCC(C)N4CCN(C)CC4)cc3)c3ccn(-c4ccccc4)c3n2)cc1)N1CCN(C)CC1. The molecule has 0 aliphatic carbocycles. The maximum Gasteiger partial charge on any atom is 0.162 e. The molecule has 0 spiro atoms. The van der Waals surface area contributed by atoms with Gasteiger partial charge in [-0.2, -0.15) is 0 Å². The predicted molar refractivity (Wildman–Crippen MR) is 219 cm³/mol. The molecule has 9 nitrogen and oxygen atoms in total. The molecule has 3 aromatic carbocycles. The summed E-state index contributed by atoms with van der Waals surface area (Å²) in [6, 6.07) is 31.5. The van der Waals surface area contributed by atoms with E-state index in [0.29, 0.717) is 12.1 Å². The van der Waals surface area contributed by atoms with E-state index in [9.17, 15) is 0 Å². The third kappa shape index (κ3) is 9.59. The molecule has 2 N–H and O–H groups in total. The standard InChI is InChI=1S/C44H59N9/c1-34(51-28-24-49(3)25-29-51)18-21-45-32-36-10-14-38(15-11-36)42-41-20-23-53(40-8-6-5-7-9-40)44(41)48-43(47-42)39-16-12-37(13-17-39)33-46-22-19-35(2)52-30-26-50(4)27-31-52/h5-17,20,23,34-35,45-46H,18-19,21-22,24-33H2,1-4H3. The molecule has 7 rings (SSSR count). The number of piperazine rings is 2. The first-order valence-corrected chi connectivity index (χ1v) is 19.8. The molecule has 53 heavy (non-hydrogen) atoms. The molecule has 280 valence electrons. The largest absolute Gasteiger partial charge is 0.313 e. The smallest absolute Gasteiger partial charge is 0.162 e. The van der Waals surface area contributed by atoms with Crippen molar-refractivity contribution in [3.05, 3.63) is 102 Å². The van der Waals surface area contributed by atoms with Crippen LogP contribution < -0.4 is 10.6 Å². The highest BCUT2D eigenvalue weighted by atomic mass is 15.3. The number of benzene rings is 3. The van der Waals surface area contributed by atoms with Gasteiger partial charge in [0.1, 0.15) is 5.65 Å². The normalized spacial score (nSPS) is 17.7. The second-order valence-electron chi connectivity index (χ2n) is 15.4. The number of likely N-dealkylation sites (N-methyl/N-ethyl adjacent to an activating group) is 2. The maximum atomic E-state index is 5.22. The molecule has 5 aromatic rings. The lowest BCUT2D eigenvalue weighted by molar-refractivity contribution is 0.114. The fraction of sp³-hybridized carbons (Fsp3) is 0.455. The van der Waals surface area contributed by atoms with Gasteiger partial charge in [0.05, 0.1) is 5.69 Å². The topological polar surface area (TPSA) is 67.7 Å². The third-order valence-electron chi connectivity index (χ3n) is 11.5. The number of hydrogen-bond acceptors (Lipinski definition) is 8. The molecular weight excluding hydrogens is 655 g/mol. The van der Waals surface area contributed by atoms with Gasteiger partial charge in [0, 0.05) is 106 Å². The molecule has 4 heterocycles. The van der Waals surface area contributed by atoms with Crippen LogP contribution in [0.25, 0.3) is 39.4 Å². The number of nitrogens with one attached hydrogen (secondary N) is 2. The Balaban J connectivity index is 1.02. The average Bonchev–Trinajstić information content (AvgIpc) is 3.63. The molecule has 2 fully saturated rings. The van der Waals surface area contributed by atoms with Gasteiger partial charge in [-0.25, -0.2) is 9.97 Å². The van der Waals surface area contributed by atoms with Crippen LogP contribution in [0.4, 0.5) is 0 Å². The Kier molecular flexibility index (Phi) is 12.6. The van der Waals surface area contributed by atoms with E-state index in [1.54, 1.807) is 0 Å². The summed E-state index contributed by atoms with van der Waals surface area (Å²) in [4.78, 5) is 20.5. The molecular formula is C44H59N9. The van der Waals surface area contributed by atoms with Crippen LogP contribution in [-0.2, 0) is 13.1 Å². The maximum absolute atomic E-state index is 5.22. The summed E-state index contributed by atoms with van der Waals surface area (Å²) in [7, 11) is 4.44. The van der Waals surface area contributed by atoms with Gasteiger partial charge in [-0.05, 0) is 83.2 Å². The number of rotatable bonds is 15. The first kappa shape index (κ1) is 37.4. The summed E-state index contributed by atoms with van der Waals surface area (Å²) >= 11 is 0. The van der Waals surface area contributed by atoms with Gasteiger partial charge < -0.3 is 25.0 Å². The van der Waals surface area contributed by atoms with Gasteiger partial charge in [-0.1, -0.05) is 66.7 Å². The van der Waals surface area contributed by atoms with E-state index >= 15 is 0 Å². The minimum Gasteiger partial charge on any atom is -0.313 e. The number of hydrogen-bond donors (Lipinski definition) is 2. The highest BCUT2D eigenvalue weighted by molar-refractivity contribution is 5.93. The van der Waals surface area contributed by atoms with E-state index in [4.69, 9.17) is 9.97 Å². The fourth-order valence-corrected chi connectivity index (χ4v) is 7.69. The lowest BCUT2D eigenvalue weighted by atomic mass is 10.1. The third-order valence-corrected chi connectivity index (χ3v) is 11.5. The van der Waals surface area contributed by atoms with Crippen LogP contribution in [0.5, 0.6) is 0 Å². The van der Waals surface area contributed by atoms with Crippen LogP contribution in [0.1, 0.15) is 37.8 Å². The average molecular weight is 714 g/mol. The van der Waals surface area contributed by atoms with Gasteiger partial charge in [0.15, 0.2) is 5.82 Å². The summed E-state index contributed by atoms with van der Waals surface area (Å²) in [5, 5.41) is 8.41. The van der Waals surface area contributed by atoms with E-state index in [2.05, 4.69) is 154 Å². The van der Waals surface area contributed by atoms with E-state index < -0.39 is 0 Å². The van der Waals surface area contributed by atoms with Crippen LogP contribution in [0.3, 0.4) is 0 Å². The quantitative estimate of drug-likeness (QED) is 0.129. The van der Waals surface area contributed by atoms with Gasteiger partial charge in [0.2, 0.25) is 0 Å². The Bertz CT molecular complexity index is 1860. The zero-order valence-electron chi connectivity index (χ0n) is 32.3. The Morgan fingerprint density at radius 3 is 1.62 bits per heavy atom. The van der Waals surface area contributed by atoms with Crippen molar-refractivity contribution < 1.29 is 0 Å². The summed E-state index contributed by atoms with van der Waals surface area (Å²) < 4.78 is 2.17. The lowest BCUT2D eigenvalue weighted by Crippen LogP contribution is -2.48. The molecule has 9 heteroatoms. The molecule has 2 unspecified atom stereocenters. The van der Waals surface area contributed by atoms with Gasteiger partial charge in [-0.3, -0.25) is 9.80 Å². The second-order valence-corrected chi connectivity index (χ2v) is 15.4. The van der Waals surface area contributed by atoms with Crippen molar-refractivity contribution in [2.75, 3.05) is 79.5 Å². The summed E-state index contributed by atoms with van der Waals surface area (Å²) in [5.74, 6) is 0.740. The summed E-state index contributed by atoms with van der Waals surface area (Å²) in [5.41, 5.74) is 7.64. The number of para-hydroxylation sites is 1. The first-order valence-electron chi connectivity index (χ1n) is 19.8. The van der Waals surface area contributed by atoms with Crippen LogP contribution >= 0.6 is 0 Å². The molecule has 2 aliphatic heterocycles. The zero-order valence-corrected chi connectivity index (χ0v) is 32.3. The van der Waals surface area contributed by atoms with Crippen LogP contribution in [-0.4, -0.2) is 126 Å². The van der Waals surface area contributed by atoms with Crippen molar-refractivity contribution in [2.24, 2.45) is 0 Å². The van der Waals surface area contributed by atoms with E-state index in [0.717, 1.165) is 78.4 Å². The summed E-state index contributed by atoms with van der Waals surface area (Å²) in [6.07, 6.45) is 4.44. The van der Waals surface area contributed by atoms with Crippen LogP contribution in [0, 0.1) is 0 Å². The molecule has 0 saturated carbocycles.